The molecule has 2 rings (SSSR count). The second kappa shape index (κ2) is 5.34. The summed E-state index contributed by atoms with van der Waals surface area (Å²) in [7, 11) is 0. The molecule has 1 aromatic rings. The summed E-state index contributed by atoms with van der Waals surface area (Å²) < 4.78 is 0. The minimum Gasteiger partial charge on any atom is -0.399 e. The monoisotopic (exact) mass is 249 g/mol. The largest absolute Gasteiger partial charge is 0.399 e. The van der Waals surface area contributed by atoms with E-state index in [0.717, 1.165) is 22.8 Å². The Hall–Kier alpha value is -0.630. The zero-order valence-corrected chi connectivity index (χ0v) is 11.9. The van der Waals surface area contributed by atoms with E-state index in [0.29, 0.717) is 0 Å². The number of aryl methyl sites for hydroxylation is 1. The van der Waals surface area contributed by atoms with E-state index in [4.69, 9.17) is 5.73 Å². The molecule has 0 radical (unpaired) electrons. The van der Waals surface area contributed by atoms with Gasteiger partial charge in [0.15, 0.2) is 0 Å². The normalized spacial score (nSPS) is 29.2. The van der Waals surface area contributed by atoms with Gasteiger partial charge in [-0.1, -0.05) is 13.8 Å². The van der Waals surface area contributed by atoms with Crippen molar-refractivity contribution in [3.63, 3.8) is 0 Å². The number of nitrogens with two attached hydrogens (primary N) is 1. The van der Waals surface area contributed by atoms with Crippen molar-refractivity contribution in [2.75, 3.05) is 5.73 Å². The molecule has 17 heavy (non-hydrogen) atoms. The fourth-order valence-electron chi connectivity index (χ4n) is 2.95. The molecule has 0 heterocycles. The summed E-state index contributed by atoms with van der Waals surface area (Å²) in [4.78, 5) is 1.41. The Bertz CT molecular complexity index is 379. The van der Waals surface area contributed by atoms with Gasteiger partial charge in [-0.3, -0.25) is 0 Å². The number of rotatable bonds is 2. The Morgan fingerprint density at radius 1 is 1.12 bits per heavy atom. The van der Waals surface area contributed by atoms with E-state index in [2.05, 4.69) is 44.7 Å². The molecule has 2 N–H and O–H groups in total. The highest BCUT2D eigenvalue weighted by atomic mass is 32.2. The molecule has 1 saturated carbocycles. The average molecular weight is 249 g/mol. The molecule has 0 spiro atoms. The molecule has 1 nitrogen and oxygen atoms in total. The Kier molecular flexibility index (Phi) is 4.03. The number of benzene rings is 1. The van der Waals surface area contributed by atoms with Gasteiger partial charge in [0, 0.05) is 15.8 Å². The van der Waals surface area contributed by atoms with Gasteiger partial charge >= 0.3 is 0 Å². The van der Waals surface area contributed by atoms with Crippen LogP contribution in [-0.2, 0) is 0 Å². The van der Waals surface area contributed by atoms with Crippen LogP contribution in [0.25, 0.3) is 0 Å². The fourth-order valence-corrected chi connectivity index (χ4v) is 4.55. The molecule has 1 fully saturated rings. The van der Waals surface area contributed by atoms with Crippen LogP contribution in [0.2, 0.25) is 0 Å². The summed E-state index contributed by atoms with van der Waals surface area (Å²) in [6.07, 6.45) is 4.12. The lowest BCUT2D eigenvalue weighted by atomic mass is 9.83. The average Bonchev–Trinajstić information content (AvgIpc) is 2.21. The van der Waals surface area contributed by atoms with Crippen molar-refractivity contribution in [1.82, 2.24) is 0 Å². The van der Waals surface area contributed by atoms with Crippen molar-refractivity contribution < 1.29 is 0 Å². The minimum atomic E-state index is 0.788. The predicted molar refractivity (Wildman–Crippen MR) is 77.4 cm³/mol. The van der Waals surface area contributed by atoms with Gasteiger partial charge in [-0.25, -0.2) is 0 Å². The van der Waals surface area contributed by atoms with Crippen LogP contribution < -0.4 is 5.73 Å². The number of hydrogen-bond acceptors (Lipinski definition) is 2. The third-order valence-electron chi connectivity index (χ3n) is 3.63. The van der Waals surface area contributed by atoms with Gasteiger partial charge in [-0.05, 0) is 61.8 Å². The Morgan fingerprint density at radius 3 is 2.35 bits per heavy atom. The second-order valence-electron chi connectivity index (χ2n) is 5.68. The van der Waals surface area contributed by atoms with Crippen LogP contribution in [0.1, 0.15) is 38.7 Å². The first-order chi connectivity index (χ1) is 8.04. The van der Waals surface area contributed by atoms with E-state index in [1.165, 1.54) is 29.7 Å². The van der Waals surface area contributed by atoms with Crippen LogP contribution in [0.3, 0.4) is 0 Å². The van der Waals surface area contributed by atoms with Gasteiger partial charge in [0.1, 0.15) is 0 Å². The lowest BCUT2D eigenvalue weighted by Crippen LogP contribution is -2.21. The first-order valence-electron chi connectivity index (χ1n) is 6.57. The van der Waals surface area contributed by atoms with E-state index in [-0.39, 0.29) is 0 Å². The quantitative estimate of drug-likeness (QED) is 0.781. The summed E-state index contributed by atoms with van der Waals surface area (Å²) in [6, 6.07) is 6.28. The zero-order chi connectivity index (χ0) is 12.4. The highest BCUT2D eigenvalue weighted by Gasteiger charge is 2.24. The summed E-state index contributed by atoms with van der Waals surface area (Å²) in [5, 5.41) is 0.788. The second-order valence-corrected chi connectivity index (χ2v) is 7.02. The maximum Gasteiger partial charge on any atom is 0.0317 e. The Morgan fingerprint density at radius 2 is 1.76 bits per heavy atom. The number of thioether (sulfide) groups is 1. The van der Waals surface area contributed by atoms with Crippen molar-refractivity contribution in [3.05, 3.63) is 23.8 Å². The summed E-state index contributed by atoms with van der Waals surface area (Å²) in [5.41, 5.74) is 7.99. The van der Waals surface area contributed by atoms with Crippen LogP contribution in [0, 0.1) is 18.8 Å². The van der Waals surface area contributed by atoms with Crippen molar-refractivity contribution in [2.45, 2.75) is 50.2 Å². The fraction of sp³-hybridized carbons (Fsp3) is 0.600. The van der Waals surface area contributed by atoms with E-state index in [9.17, 15) is 0 Å². The lowest BCUT2D eigenvalue weighted by molar-refractivity contribution is 0.309. The molecule has 94 valence electrons. The number of hydrogen-bond donors (Lipinski definition) is 1. The molecule has 0 aromatic heterocycles. The van der Waals surface area contributed by atoms with Crippen LogP contribution in [0.4, 0.5) is 5.69 Å². The summed E-state index contributed by atoms with van der Waals surface area (Å²) in [6.45, 7) is 6.94. The van der Waals surface area contributed by atoms with Gasteiger partial charge in [0.05, 0.1) is 0 Å². The van der Waals surface area contributed by atoms with Crippen LogP contribution in [0.15, 0.2) is 23.1 Å². The van der Waals surface area contributed by atoms with Crippen molar-refractivity contribution in [2.24, 2.45) is 11.8 Å². The van der Waals surface area contributed by atoms with Gasteiger partial charge in [0.2, 0.25) is 0 Å². The molecule has 0 bridgehead atoms. The molecule has 0 saturated heterocycles. The Labute approximate surface area is 109 Å². The third kappa shape index (κ3) is 3.41. The maximum atomic E-state index is 5.80. The predicted octanol–water partition coefficient (Wildman–Crippen LogP) is 4.49. The molecule has 2 heteroatoms. The van der Waals surface area contributed by atoms with Gasteiger partial charge in [-0.15, -0.1) is 11.8 Å². The smallest absolute Gasteiger partial charge is 0.0317 e. The molecule has 1 aliphatic rings. The molecular weight excluding hydrogens is 226 g/mol. The van der Waals surface area contributed by atoms with Crippen LogP contribution in [-0.4, -0.2) is 5.25 Å². The molecule has 0 aliphatic heterocycles. The topological polar surface area (TPSA) is 26.0 Å². The van der Waals surface area contributed by atoms with Crippen molar-refractivity contribution in [1.29, 1.82) is 0 Å². The Balaban J connectivity index is 2.04. The first-order valence-corrected chi connectivity index (χ1v) is 7.45. The van der Waals surface area contributed by atoms with Crippen molar-refractivity contribution >= 4 is 17.4 Å². The molecule has 1 aliphatic carbocycles. The van der Waals surface area contributed by atoms with Gasteiger partial charge < -0.3 is 5.73 Å². The molecule has 2 atom stereocenters. The van der Waals surface area contributed by atoms with Crippen LogP contribution >= 0.6 is 11.8 Å². The molecule has 1 aromatic carbocycles. The van der Waals surface area contributed by atoms with Gasteiger partial charge in [0.25, 0.3) is 0 Å². The van der Waals surface area contributed by atoms with Crippen molar-refractivity contribution in [3.8, 4) is 0 Å². The third-order valence-corrected chi connectivity index (χ3v) is 5.06. The minimum absolute atomic E-state index is 0.788. The summed E-state index contributed by atoms with van der Waals surface area (Å²) in [5.74, 6) is 1.76. The number of anilines is 1. The standard InChI is InChI=1S/C15H23NS/c1-10-6-11(2)8-14(7-10)17-15-5-4-13(16)9-12(15)3/h4-5,9-11,14H,6-8,16H2,1-3H3. The number of nitrogen functional groups attached to an aromatic ring is 1. The van der Waals surface area contributed by atoms with Crippen LogP contribution in [0.5, 0.6) is 0 Å². The molecular formula is C15H23NS. The molecule has 0 amide bonds. The molecule has 2 unspecified atom stereocenters. The SMILES string of the molecule is Cc1cc(N)ccc1SC1CC(C)CC(C)C1. The lowest BCUT2D eigenvalue weighted by Gasteiger charge is -2.31. The first kappa shape index (κ1) is 12.8. The van der Waals surface area contributed by atoms with Gasteiger partial charge in [-0.2, -0.15) is 0 Å². The highest BCUT2D eigenvalue weighted by Crippen LogP contribution is 2.39. The van der Waals surface area contributed by atoms with E-state index in [1.807, 2.05) is 6.07 Å². The van der Waals surface area contributed by atoms with E-state index in [1.54, 1.807) is 0 Å². The zero-order valence-electron chi connectivity index (χ0n) is 11.1. The highest BCUT2D eigenvalue weighted by molar-refractivity contribution is 8.00. The summed E-state index contributed by atoms with van der Waals surface area (Å²) >= 11 is 2.05. The van der Waals surface area contributed by atoms with E-state index >= 15 is 0 Å². The van der Waals surface area contributed by atoms with E-state index < -0.39 is 0 Å². The maximum absolute atomic E-state index is 5.80.